The molecule has 0 N–H and O–H groups in total. The average molecular weight is 236 g/mol. The summed E-state index contributed by atoms with van der Waals surface area (Å²) in [5, 5.41) is 8.25. The summed E-state index contributed by atoms with van der Waals surface area (Å²) in [6, 6.07) is 5.99. The van der Waals surface area contributed by atoms with E-state index in [2.05, 4.69) is 14.8 Å². The minimum atomic E-state index is 0.740. The van der Waals surface area contributed by atoms with Crippen LogP contribution in [0, 0.1) is 6.92 Å². The second-order valence-corrected chi connectivity index (χ2v) is 4.09. The maximum absolute atomic E-state index is 5.31. The number of anilines is 2. The molecule has 84 valence electrons. The zero-order valence-electron chi connectivity index (χ0n) is 9.34. The molecule has 2 rings (SSSR count). The van der Waals surface area contributed by atoms with Crippen molar-refractivity contribution in [2.75, 3.05) is 19.1 Å². The molecule has 0 bridgehead atoms. The van der Waals surface area contributed by atoms with Gasteiger partial charge in [0, 0.05) is 18.6 Å². The lowest BCUT2D eigenvalue weighted by Crippen LogP contribution is -2.10. The van der Waals surface area contributed by atoms with Gasteiger partial charge in [0.05, 0.1) is 12.8 Å². The van der Waals surface area contributed by atoms with E-state index in [9.17, 15) is 0 Å². The van der Waals surface area contributed by atoms with E-state index in [4.69, 9.17) is 4.74 Å². The standard InChI is InChI=1S/C10H12N4OS/c1-7-4-5-9(15-3)8(6-7)14(2)10-11-12-13-16-10/h4-6H,1-3H3. The summed E-state index contributed by atoms with van der Waals surface area (Å²) in [6.45, 7) is 2.04. The lowest BCUT2D eigenvalue weighted by Gasteiger charge is -2.18. The first kappa shape index (κ1) is 10.8. The van der Waals surface area contributed by atoms with Crippen LogP contribution in [0.1, 0.15) is 5.56 Å². The van der Waals surface area contributed by atoms with Gasteiger partial charge in [0.15, 0.2) is 0 Å². The van der Waals surface area contributed by atoms with Gasteiger partial charge in [0.1, 0.15) is 5.75 Å². The first-order valence-corrected chi connectivity index (χ1v) is 5.53. The van der Waals surface area contributed by atoms with E-state index in [1.165, 1.54) is 17.1 Å². The van der Waals surface area contributed by atoms with E-state index in [1.807, 2.05) is 37.1 Å². The average Bonchev–Trinajstić information content (AvgIpc) is 2.81. The van der Waals surface area contributed by atoms with Crippen molar-refractivity contribution in [1.82, 2.24) is 14.8 Å². The predicted molar refractivity (Wildman–Crippen MR) is 63.5 cm³/mol. The van der Waals surface area contributed by atoms with Gasteiger partial charge in [-0.3, -0.25) is 0 Å². The Bertz CT molecular complexity index is 472. The molecule has 0 amide bonds. The maximum Gasteiger partial charge on any atom is 0.232 e. The lowest BCUT2D eigenvalue weighted by atomic mass is 10.2. The third-order valence-corrected chi connectivity index (χ3v) is 2.95. The predicted octanol–water partition coefficient (Wildman–Crippen LogP) is 2.02. The van der Waals surface area contributed by atoms with Crippen LogP contribution in [0.5, 0.6) is 5.75 Å². The van der Waals surface area contributed by atoms with Gasteiger partial charge in [-0.2, -0.15) is 0 Å². The molecule has 1 aromatic heterocycles. The Morgan fingerprint density at radius 1 is 1.38 bits per heavy atom. The van der Waals surface area contributed by atoms with Crippen molar-refractivity contribution >= 4 is 22.4 Å². The molecule has 1 aromatic carbocycles. The molecule has 5 nitrogen and oxygen atoms in total. The molecule has 0 saturated heterocycles. The van der Waals surface area contributed by atoms with E-state index >= 15 is 0 Å². The molecule has 6 heteroatoms. The second kappa shape index (κ2) is 4.44. The smallest absolute Gasteiger partial charge is 0.232 e. The van der Waals surface area contributed by atoms with Crippen molar-refractivity contribution in [3.8, 4) is 5.75 Å². The zero-order valence-corrected chi connectivity index (χ0v) is 10.2. The van der Waals surface area contributed by atoms with E-state index in [0.717, 1.165) is 16.6 Å². The van der Waals surface area contributed by atoms with Crippen molar-refractivity contribution in [2.24, 2.45) is 0 Å². The number of methoxy groups -OCH3 is 1. The zero-order chi connectivity index (χ0) is 11.5. The van der Waals surface area contributed by atoms with Crippen LogP contribution in [-0.4, -0.2) is 29.0 Å². The number of nitrogens with zero attached hydrogens (tertiary/aromatic N) is 4. The number of rotatable bonds is 3. The molecule has 0 saturated carbocycles. The third-order valence-electron chi connectivity index (χ3n) is 2.27. The molecule has 0 aliphatic rings. The fourth-order valence-electron chi connectivity index (χ4n) is 1.42. The molecule has 0 fully saturated rings. The van der Waals surface area contributed by atoms with Gasteiger partial charge < -0.3 is 9.64 Å². The Morgan fingerprint density at radius 3 is 2.81 bits per heavy atom. The fraction of sp³-hybridized carbons (Fsp3) is 0.300. The molecule has 0 atom stereocenters. The highest BCUT2D eigenvalue weighted by Crippen LogP contribution is 2.33. The van der Waals surface area contributed by atoms with Crippen molar-refractivity contribution in [3.05, 3.63) is 23.8 Å². The van der Waals surface area contributed by atoms with Gasteiger partial charge in [0.25, 0.3) is 0 Å². The van der Waals surface area contributed by atoms with Crippen LogP contribution >= 0.6 is 11.5 Å². The number of hydrogen-bond donors (Lipinski definition) is 0. The molecule has 2 aromatic rings. The van der Waals surface area contributed by atoms with E-state index in [0.29, 0.717) is 0 Å². The molecule has 0 radical (unpaired) electrons. The Balaban J connectivity index is 2.42. The normalized spacial score (nSPS) is 10.2. The summed E-state index contributed by atoms with van der Waals surface area (Å²) in [6.07, 6.45) is 0. The molecule has 0 spiro atoms. The summed E-state index contributed by atoms with van der Waals surface area (Å²) in [7, 11) is 3.57. The van der Waals surface area contributed by atoms with Crippen LogP contribution in [0.2, 0.25) is 0 Å². The Labute approximate surface area is 97.8 Å². The molecular formula is C10H12N4OS. The van der Waals surface area contributed by atoms with Crippen LogP contribution in [0.15, 0.2) is 18.2 Å². The summed E-state index contributed by atoms with van der Waals surface area (Å²) in [5.74, 6) is 0.809. The fourth-order valence-corrected chi connectivity index (χ4v) is 1.86. The summed E-state index contributed by atoms with van der Waals surface area (Å²) in [5.41, 5.74) is 2.13. The summed E-state index contributed by atoms with van der Waals surface area (Å²) in [4.78, 5) is 1.91. The Kier molecular flexibility index (Phi) is 3.00. The minimum Gasteiger partial charge on any atom is -0.495 e. The first-order valence-electron chi connectivity index (χ1n) is 4.76. The summed E-state index contributed by atoms with van der Waals surface area (Å²) >= 11 is 1.25. The molecule has 16 heavy (non-hydrogen) atoms. The molecule has 1 heterocycles. The second-order valence-electron chi connectivity index (χ2n) is 3.38. The van der Waals surface area contributed by atoms with Gasteiger partial charge in [0.2, 0.25) is 5.13 Å². The number of benzene rings is 1. The van der Waals surface area contributed by atoms with Crippen LogP contribution in [0.4, 0.5) is 10.8 Å². The minimum absolute atomic E-state index is 0.740. The number of aryl methyl sites for hydroxylation is 1. The van der Waals surface area contributed by atoms with E-state index in [-0.39, 0.29) is 0 Å². The van der Waals surface area contributed by atoms with Crippen LogP contribution in [-0.2, 0) is 0 Å². The monoisotopic (exact) mass is 236 g/mol. The van der Waals surface area contributed by atoms with Crippen molar-refractivity contribution in [1.29, 1.82) is 0 Å². The van der Waals surface area contributed by atoms with Crippen LogP contribution in [0.25, 0.3) is 0 Å². The van der Waals surface area contributed by atoms with Crippen LogP contribution < -0.4 is 9.64 Å². The van der Waals surface area contributed by atoms with Crippen LogP contribution in [0.3, 0.4) is 0 Å². The van der Waals surface area contributed by atoms with E-state index in [1.54, 1.807) is 7.11 Å². The van der Waals surface area contributed by atoms with Crippen molar-refractivity contribution < 1.29 is 4.74 Å². The first-order chi connectivity index (χ1) is 7.72. The number of aromatic nitrogens is 3. The molecular weight excluding hydrogens is 224 g/mol. The Hall–Kier alpha value is -1.69. The van der Waals surface area contributed by atoms with E-state index < -0.39 is 0 Å². The van der Waals surface area contributed by atoms with Gasteiger partial charge in [-0.05, 0) is 29.8 Å². The highest BCUT2D eigenvalue weighted by atomic mass is 32.1. The van der Waals surface area contributed by atoms with Gasteiger partial charge in [-0.25, -0.2) is 0 Å². The van der Waals surface area contributed by atoms with Gasteiger partial charge >= 0.3 is 0 Å². The lowest BCUT2D eigenvalue weighted by molar-refractivity contribution is 0.415. The van der Waals surface area contributed by atoms with Gasteiger partial charge in [-0.1, -0.05) is 15.7 Å². The SMILES string of the molecule is COc1ccc(C)cc1N(C)c1nnns1. The quantitative estimate of drug-likeness (QED) is 0.816. The van der Waals surface area contributed by atoms with Crippen molar-refractivity contribution in [3.63, 3.8) is 0 Å². The van der Waals surface area contributed by atoms with Crippen molar-refractivity contribution in [2.45, 2.75) is 6.92 Å². The number of ether oxygens (including phenoxy) is 1. The van der Waals surface area contributed by atoms with Gasteiger partial charge in [-0.15, -0.1) is 0 Å². The Morgan fingerprint density at radius 2 is 2.19 bits per heavy atom. The summed E-state index contributed by atoms with van der Waals surface area (Å²) < 4.78 is 9.06. The largest absolute Gasteiger partial charge is 0.495 e. The molecule has 0 aliphatic carbocycles. The topological polar surface area (TPSA) is 51.1 Å². The maximum atomic E-state index is 5.31. The third kappa shape index (κ3) is 1.96. The molecule has 0 unspecified atom stereocenters. The number of hydrogen-bond acceptors (Lipinski definition) is 6. The highest BCUT2D eigenvalue weighted by Gasteiger charge is 2.13. The molecule has 0 aliphatic heterocycles. The highest BCUT2D eigenvalue weighted by molar-refractivity contribution is 7.09.